The van der Waals surface area contributed by atoms with Crippen molar-refractivity contribution in [3.8, 4) is 0 Å². The topological polar surface area (TPSA) is 43.4 Å². The minimum absolute atomic E-state index is 0.207. The van der Waals surface area contributed by atoms with E-state index in [1.807, 2.05) is 13.0 Å². The normalized spacial score (nSPS) is 11.6. The van der Waals surface area contributed by atoms with Gasteiger partial charge in [0, 0.05) is 0 Å². The SMILES string of the molecule is CCCCc1ccccc1CCCOS(=O)(=O)c1ccc(C)cc1. The third kappa shape index (κ3) is 5.46. The van der Waals surface area contributed by atoms with Gasteiger partial charge in [0.15, 0.2) is 0 Å². The average Bonchev–Trinajstić information content (AvgIpc) is 2.58. The number of aryl methyl sites for hydroxylation is 3. The van der Waals surface area contributed by atoms with Crippen molar-refractivity contribution in [3.05, 3.63) is 65.2 Å². The van der Waals surface area contributed by atoms with Gasteiger partial charge in [0.1, 0.15) is 0 Å². The Morgan fingerprint density at radius 1 is 0.875 bits per heavy atom. The second kappa shape index (κ2) is 9.00. The van der Waals surface area contributed by atoms with Crippen LogP contribution in [-0.2, 0) is 27.1 Å². The number of rotatable bonds is 9. The first kappa shape index (κ1) is 18.7. The van der Waals surface area contributed by atoms with Crippen molar-refractivity contribution in [2.45, 2.75) is 50.8 Å². The van der Waals surface area contributed by atoms with E-state index in [1.165, 1.54) is 24.0 Å². The van der Waals surface area contributed by atoms with Crippen LogP contribution in [0.25, 0.3) is 0 Å². The lowest BCUT2D eigenvalue weighted by Gasteiger charge is -2.10. The van der Waals surface area contributed by atoms with Gasteiger partial charge < -0.3 is 0 Å². The van der Waals surface area contributed by atoms with Gasteiger partial charge in [-0.05, 0) is 55.9 Å². The summed E-state index contributed by atoms with van der Waals surface area (Å²) in [5.74, 6) is 0. The molecule has 0 radical (unpaired) electrons. The molecule has 0 bridgehead atoms. The maximum Gasteiger partial charge on any atom is 0.296 e. The summed E-state index contributed by atoms with van der Waals surface area (Å²) in [7, 11) is -3.66. The molecule has 24 heavy (non-hydrogen) atoms. The Morgan fingerprint density at radius 2 is 1.46 bits per heavy atom. The molecule has 0 saturated heterocycles. The highest BCUT2D eigenvalue weighted by Gasteiger charge is 2.14. The van der Waals surface area contributed by atoms with Gasteiger partial charge in [0.25, 0.3) is 10.1 Å². The van der Waals surface area contributed by atoms with Crippen LogP contribution in [0.15, 0.2) is 53.4 Å². The van der Waals surface area contributed by atoms with Crippen molar-refractivity contribution in [2.75, 3.05) is 6.61 Å². The highest BCUT2D eigenvalue weighted by atomic mass is 32.2. The first-order valence-electron chi connectivity index (χ1n) is 8.56. The Kier molecular flexibility index (Phi) is 7.00. The summed E-state index contributed by atoms with van der Waals surface area (Å²) in [6, 6.07) is 15.1. The monoisotopic (exact) mass is 346 g/mol. The van der Waals surface area contributed by atoms with Crippen molar-refractivity contribution in [3.63, 3.8) is 0 Å². The quantitative estimate of drug-likeness (QED) is 0.489. The van der Waals surface area contributed by atoms with Crippen molar-refractivity contribution < 1.29 is 12.6 Å². The molecule has 0 spiro atoms. The van der Waals surface area contributed by atoms with Gasteiger partial charge in [-0.15, -0.1) is 0 Å². The van der Waals surface area contributed by atoms with Crippen molar-refractivity contribution in [1.82, 2.24) is 0 Å². The van der Waals surface area contributed by atoms with E-state index in [2.05, 4.69) is 25.1 Å². The molecule has 2 aromatic carbocycles. The maximum absolute atomic E-state index is 12.1. The highest BCUT2D eigenvalue weighted by molar-refractivity contribution is 7.86. The summed E-state index contributed by atoms with van der Waals surface area (Å²) in [5, 5.41) is 0. The van der Waals surface area contributed by atoms with Gasteiger partial charge in [0.2, 0.25) is 0 Å². The molecule has 0 heterocycles. The minimum Gasteiger partial charge on any atom is -0.266 e. The van der Waals surface area contributed by atoms with Gasteiger partial charge in [-0.2, -0.15) is 8.42 Å². The van der Waals surface area contributed by atoms with Crippen molar-refractivity contribution in [1.29, 1.82) is 0 Å². The standard InChI is InChI=1S/C20H26O3S/c1-3-4-8-18-9-5-6-10-19(18)11-7-16-23-24(21,22)20-14-12-17(2)13-15-20/h5-6,9-10,12-15H,3-4,7-8,11,16H2,1-2H3. The van der Waals surface area contributed by atoms with Gasteiger partial charge >= 0.3 is 0 Å². The molecule has 130 valence electrons. The predicted molar refractivity (Wildman–Crippen MR) is 97.7 cm³/mol. The fourth-order valence-electron chi connectivity index (χ4n) is 2.62. The molecule has 0 aliphatic heterocycles. The zero-order valence-corrected chi connectivity index (χ0v) is 15.3. The molecular weight excluding hydrogens is 320 g/mol. The molecule has 0 fully saturated rings. The highest BCUT2D eigenvalue weighted by Crippen LogP contribution is 2.16. The predicted octanol–water partition coefficient (Wildman–Crippen LogP) is 4.68. The van der Waals surface area contributed by atoms with Crippen LogP contribution in [0, 0.1) is 6.92 Å². The number of hydrogen-bond donors (Lipinski definition) is 0. The van der Waals surface area contributed by atoms with Gasteiger partial charge in [-0.3, -0.25) is 4.18 Å². The molecule has 4 heteroatoms. The first-order valence-corrected chi connectivity index (χ1v) is 9.96. The van der Waals surface area contributed by atoms with Gasteiger partial charge in [-0.25, -0.2) is 0 Å². The Labute approximate surface area is 145 Å². The molecule has 3 nitrogen and oxygen atoms in total. The lowest BCUT2D eigenvalue weighted by atomic mass is 9.99. The Balaban J connectivity index is 1.87. The van der Waals surface area contributed by atoms with Crippen LogP contribution >= 0.6 is 0 Å². The molecule has 2 rings (SSSR count). The maximum atomic E-state index is 12.1. The fraction of sp³-hybridized carbons (Fsp3) is 0.400. The van der Waals surface area contributed by atoms with Crippen LogP contribution in [0.5, 0.6) is 0 Å². The third-order valence-electron chi connectivity index (χ3n) is 4.06. The van der Waals surface area contributed by atoms with E-state index in [0.717, 1.165) is 18.4 Å². The molecule has 0 aliphatic carbocycles. The van der Waals surface area contributed by atoms with E-state index >= 15 is 0 Å². The largest absolute Gasteiger partial charge is 0.296 e. The van der Waals surface area contributed by atoms with E-state index < -0.39 is 10.1 Å². The molecule has 0 aromatic heterocycles. The van der Waals surface area contributed by atoms with E-state index in [1.54, 1.807) is 24.3 Å². The average molecular weight is 346 g/mol. The van der Waals surface area contributed by atoms with Crippen LogP contribution in [0.4, 0.5) is 0 Å². The van der Waals surface area contributed by atoms with Crippen LogP contribution in [0.3, 0.4) is 0 Å². The second-order valence-corrected chi connectivity index (χ2v) is 7.68. The summed E-state index contributed by atoms with van der Waals surface area (Å²) in [6.07, 6.45) is 4.95. The minimum atomic E-state index is -3.66. The molecule has 0 N–H and O–H groups in total. The number of hydrogen-bond acceptors (Lipinski definition) is 3. The molecule has 0 saturated carbocycles. The van der Waals surface area contributed by atoms with Gasteiger partial charge in [0.05, 0.1) is 11.5 Å². The van der Waals surface area contributed by atoms with E-state index in [9.17, 15) is 8.42 Å². The van der Waals surface area contributed by atoms with E-state index in [-0.39, 0.29) is 11.5 Å². The second-order valence-electron chi connectivity index (χ2n) is 6.06. The summed E-state index contributed by atoms with van der Waals surface area (Å²) in [4.78, 5) is 0.219. The van der Waals surface area contributed by atoms with E-state index in [0.29, 0.717) is 6.42 Å². The summed E-state index contributed by atoms with van der Waals surface area (Å²) in [5.41, 5.74) is 3.68. The van der Waals surface area contributed by atoms with Crippen molar-refractivity contribution >= 4 is 10.1 Å². The smallest absolute Gasteiger partial charge is 0.266 e. The van der Waals surface area contributed by atoms with Crippen LogP contribution in [0.2, 0.25) is 0 Å². The van der Waals surface area contributed by atoms with Crippen LogP contribution in [-0.4, -0.2) is 15.0 Å². The van der Waals surface area contributed by atoms with Crippen molar-refractivity contribution in [2.24, 2.45) is 0 Å². The van der Waals surface area contributed by atoms with E-state index in [4.69, 9.17) is 4.18 Å². The lowest BCUT2D eigenvalue weighted by Crippen LogP contribution is -2.08. The van der Waals surface area contributed by atoms with Gasteiger partial charge in [-0.1, -0.05) is 55.3 Å². The molecule has 0 amide bonds. The fourth-order valence-corrected chi connectivity index (χ4v) is 3.56. The summed E-state index contributed by atoms with van der Waals surface area (Å²) < 4.78 is 29.5. The third-order valence-corrected chi connectivity index (χ3v) is 5.38. The zero-order chi connectivity index (χ0) is 17.4. The lowest BCUT2D eigenvalue weighted by molar-refractivity contribution is 0.312. The molecule has 0 atom stereocenters. The number of unbranched alkanes of at least 4 members (excludes halogenated alkanes) is 1. The Bertz CT molecular complexity index is 734. The molecule has 0 unspecified atom stereocenters. The number of benzene rings is 2. The molecular formula is C20H26O3S. The first-order chi connectivity index (χ1) is 11.5. The Morgan fingerprint density at radius 3 is 2.04 bits per heavy atom. The molecule has 0 aliphatic rings. The van der Waals surface area contributed by atoms with Crippen LogP contribution < -0.4 is 0 Å². The molecule has 2 aromatic rings. The zero-order valence-electron chi connectivity index (χ0n) is 14.5. The summed E-state index contributed by atoms with van der Waals surface area (Å²) >= 11 is 0. The summed E-state index contributed by atoms with van der Waals surface area (Å²) in [6.45, 7) is 4.32. The van der Waals surface area contributed by atoms with Crippen LogP contribution in [0.1, 0.15) is 42.9 Å². The Hall–Kier alpha value is -1.65.